The molecule has 0 amide bonds. The number of carbonyl (C=O) groups is 3. The largest absolute Gasteiger partial charge is 0.466 e. The van der Waals surface area contributed by atoms with Gasteiger partial charge in [0.1, 0.15) is 0 Å². The number of unbranched alkanes of at least 4 members (excludes halogenated alkanes) is 18. The van der Waals surface area contributed by atoms with E-state index in [2.05, 4.69) is 41.5 Å². The highest BCUT2D eigenvalue weighted by Crippen LogP contribution is 2.21. The monoisotopic (exact) mass is 697 g/mol. The van der Waals surface area contributed by atoms with E-state index in [4.69, 9.17) is 14.2 Å². The van der Waals surface area contributed by atoms with Gasteiger partial charge in [0.25, 0.3) is 0 Å². The molecule has 49 heavy (non-hydrogen) atoms. The van der Waals surface area contributed by atoms with E-state index in [-0.39, 0.29) is 19.8 Å². The number of rotatable bonds is 35. The smallest absolute Gasteiger partial charge is 0.339 e. The SMILES string of the molecule is CC(C)CCCCCCCCCOC(=O)CC(O)(CC(=O)OCCCCCCCCCC(C)C)C(=O)OCCCCCCCCCC(C)C. The van der Waals surface area contributed by atoms with Gasteiger partial charge in [0.15, 0.2) is 5.60 Å². The van der Waals surface area contributed by atoms with Gasteiger partial charge >= 0.3 is 17.9 Å². The molecule has 0 aliphatic heterocycles. The van der Waals surface area contributed by atoms with Crippen molar-refractivity contribution < 1.29 is 33.7 Å². The Morgan fingerprint density at radius 1 is 0.408 bits per heavy atom. The zero-order valence-electron chi connectivity index (χ0n) is 33.1. The molecule has 0 unspecified atom stereocenters. The summed E-state index contributed by atoms with van der Waals surface area (Å²) in [5.41, 5.74) is -2.30. The van der Waals surface area contributed by atoms with Crippen LogP contribution in [0.1, 0.15) is 208 Å². The molecule has 0 heterocycles. The van der Waals surface area contributed by atoms with E-state index in [0.29, 0.717) is 6.42 Å². The highest BCUT2D eigenvalue weighted by Gasteiger charge is 2.43. The Kier molecular flexibility index (Phi) is 31.2. The summed E-state index contributed by atoms with van der Waals surface area (Å²) in [6, 6.07) is 0. The molecule has 0 aromatic carbocycles. The lowest BCUT2D eigenvalue weighted by Crippen LogP contribution is -2.45. The summed E-state index contributed by atoms with van der Waals surface area (Å²) in [6.45, 7) is 14.2. The predicted molar refractivity (Wildman–Crippen MR) is 202 cm³/mol. The van der Waals surface area contributed by atoms with Crippen molar-refractivity contribution in [1.29, 1.82) is 0 Å². The molecule has 7 heteroatoms. The van der Waals surface area contributed by atoms with E-state index < -0.39 is 36.4 Å². The Balaban J connectivity index is 4.57. The van der Waals surface area contributed by atoms with Crippen LogP contribution in [-0.2, 0) is 28.6 Å². The van der Waals surface area contributed by atoms with E-state index >= 15 is 0 Å². The normalized spacial score (nSPS) is 11.9. The Morgan fingerprint density at radius 2 is 0.653 bits per heavy atom. The molecule has 0 saturated heterocycles. The fraction of sp³-hybridized carbons (Fsp3) is 0.929. The lowest BCUT2D eigenvalue weighted by molar-refractivity contribution is -0.178. The first-order valence-electron chi connectivity index (χ1n) is 20.7. The minimum absolute atomic E-state index is 0.146. The number of hydrogen-bond donors (Lipinski definition) is 1. The van der Waals surface area contributed by atoms with Crippen molar-refractivity contribution in [1.82, 2.24) is 0 Å². The third kappa shape index (κ3) is 32.0. The second-order valence-corrected chi connectivity index (χ2v) is 15.9. The molecule has 0 fully saturated rings. The minimum atomic E-state index is -2.30. The van der Waals surface area contributed by atoms with Crippen LogP contribution in [0.2, 0.25) is 0 Å². The number of aliphatic hydroxyl groups is 1. The molecule has 0 radical (unpaired) electrons. The zero-order chi connectivity index (χ0) is 36.6. The van der Waals surface area contributed by atoms with Gasteiger partial charge in [-0.25, -0.2) is 4.79 Å². The molecule has 1 N–H and O–H groups in total. The summed E-state index contributed by atoms with van der Waals surface area (Å²) in [7, 11) is 0. The zero-order valence-corrected chi connectivity index (χ0v) is 33.1. The van der Waals surface area contributed by atoms with E-state index in [1.165, 1.54) is 89.9 Å². The van der Waals surface area contributed by atoms with Crippen LogP contribution in [-0.4, -0.2) is 48.4 Å². The summed E-state index contributed by atoms with van der Waals surface area (Å²) >= 11 is 0. The summed E-state index contributed by atoms with van der Waals surface area (Å²) in [4.78, 5) is 38.4. The highest BCUT2D eigenvalue weighted by atomic mass is 16.6. The Morgan fingerprint density at radius 3 is 0.939 bits per heavy atom. The summed E-state index contributed by atoms with van der Waals surface area (Å²) in [6.07, 6.45) is 25.7. The van der Waals surface area contributed by atoms with Gasteiger partial charge in [-0.1, -0.05) is 176 Å². The molecule has 0 saturated carbocycles. The van der Waals surface area contributed by atoms with Crippen LogP contribution in [0.25, 0.3) is 0 Å². The average molecular weight is 697 g/mol. The number of carbonyl (C=O) groups excluding carboxylic acids is 3. The van der Waals surface area contributed by atoms with Gasteiger partial charge in [0, 0.05) is 0 Å². The third-order valence-corrected chi connectivity index (χ3v) is 9.29. The maximum absolute atomic E-state index is 13.0. The first kappa shape index (κ1) is 47.4. The Bertz CT molecular complexity index is 750. The number of esters is 3. The van der Waals surface area contributed by atoms with Gasteiger partial charge in [-0.3, -0.25) is 9.59 Å². The van der Waals surface area contributed by atoms with Crippen LogP contribution in [0.3, 0.4) is 0 Å². The molecule has 0 aromatic rings. The van der Waals surface area contributed by atoms with Gasteiger partial charge in [-0.15, -0.1) is 0 Å². The van der Waals surface area contributed by atoms with Crippen molar-refractivity contribution in [2.24, 2.45) is 17.8 Å². The van der Waals surface area contributed by atoms with E-state index in [1.54, 1.807) is 0 Å². The van der Waals surface area contributed by atoms with Crippen LogP contribution in [0.15, 0.2) is 0 Å². The van der Waals surface area contributed by atoms with E-state index in [0.717, 1.165) is 75.5 Å². The average Bonchev–Trinajstić information content (AvgIpc) is 3.03. The second kappa shape index (κ2) is 32.3. The molecule has 0 bridgehead atoms. The maximum atomic E-state index is 13.0. The lowest BCUT2D eigenvalue weighted by Gasteiger charge is -2.24. The predicted octanol–water partition coefficient (Wildman–Crippen LogP) is 11.5. The maximum Gasteiger partial charge on any atom is 0.339 e. The van der Waals surface area contributed by atoms with Crippen LogP contribution < -0.4 is 0 Å². The van der Waals surface area contributed by atoms with Crippen molar-refractivity contribution in [3.63, 3.8) is 0 Å². The first-order chi connectivity index (χ1) is 23.5. The van der Waals surface area contributed by atoms with Gasteiger partial charge in [-0.05, 0) is 37.0 Å². The first-order valence-corrected chi connectivity index (χ1v) is 20.7. The van der Waals surface area contributed by atoms with Crippen molar-refractivity contribution in [2.75, 3.05) is 19.8 Å². The van der Waals surface area contributed by atoms with Gasteiger partial charge in [0.2, 0.25) is 0 Å². The number of ether oxygens (including phenoxy) is 3. The molecule has 0 spiro atoms. The molecular formula is C42H80O7. The summed E-state index contributed by atoms with van der Waals surface area (Å²) < 4.78 is 16.1. The minimum Gasteiger partial charge on any atom is -0.466 e. The topological polar surface area (TPSA) is 99.1 Å². The van der Waals surface area contributed by atoms with Crippen LogP contribution in [0.4, 0.5) is 0 Å². The van der Waals surface area contributed by atoms with Crippen LogP contribution in [0.5, 0.6) is 0 Å². The molecule has 0 aromatic heterocycles. The molecule has 0 rings (SSSR count). The fourth-order valence-corrected chi connectivity index (χ4v) is 6.07. The summed E-state index contributed by atoms with van der Waals surface area (Å²) in [5, 5.41) is 11.3. The molecule has 290 valence electrons. The highest BCUT2D eigenvalue weighted by molar-refractivity contribution is 5.90. The molecule has 0 atom stereocenters. The molecule has 0 aliphatic carbocycles. The van der Waals surface area contributed by atoms with Crippen molar-refractivity contribution in [2.45, 2.75) is 214 Å². The third-order valence-electron chi connectivity index (χ3n) is 9.29. The quantitative estimate of drug-likeness (QED) is 0.0400. The van der Waals surface area contributed by atoms with Crippen molar-refractivity contribution in [3.05, 3.63) is 0 Å². The fourth-order valence-electron chi connectivity index (χ4n) is 6.07. The van der Waals surface area contributed by atoms with Gasteiger partial charge in [0.05, 0.1) is 32.7 Å². The Hall–Kier alpha value is -1.63. The Labute approximate surface area is 302 Å². The lowest BCUT2D eigenvalue weighted by atomic mass is 9.95. The summed E-state index contributed by atoms with van der Waals surface area (Å²) in [5.74, 6) is -0.0796. The standard InChI is InChI=1S/C42H80O7/c1-36(2)28-22-16-10-7-13-19-25-31-47-39(43)34-42(46,41(45)49-33-27-21-15-9-12-18-24-30-38(5)6)35-40(44)48-32-26-20-14-8-11-17-23-29-37(3)4/h36-38,46H,7-35H2,1-6H3. The van der Waals surface area contributed by atoms with Crippen LogP contribution in [0, 0.1) is 17.8 Å². The van der Waals surface area contributed by atoms with Crippen molar-refractivity contribution >= 4 is 17.9 Å². The van der Waals surface area contributed by atoms with Crippen molar-refractivity contribution in [3.8, 4) is 0 Å². The van der Waals surface area contributed by atoms with Crippen LogP contribution >= 0.6 is 0 Å². The number of hydrogen-bond acceptors (Lipinski definition) is 7. The molecule has 7 nitrogen and oxygen atoms in total. The second-order valence-electron chi connectivity index (χ2n) is 15.9. The van der Waals surface area contributed by atoms with E-state index in [1.807, 2.05) is 0 Å². The van der Waals surface area contributed by atoms with E-state index in [9.17, 15) is 19.5 Å². The molecular weight excluding hydrogens is 616 g/mol. The van der Waals surface area contributed by atoms with Gasteiger partial charge < -0.3 is 19.3 Å². The van der Waals surface area contributed by atoms with Gasteiger partial charge in [-0.2, -0.15) is 0 Å². The molecule has 0 aliphatic rings.